The van der Waals surface area contributed by atoms with Crippen molar-refractivity contribution in [2.24, 2.45) is 5.92 Å². The van der Waals surface area contributed by atoms with Crippen LogP contribution in [0.2, 0.25) is 0 Å². The van der Waals surface area contributed by atoms with Gasteiger partial charge < -0.3 is 11.1 Å². The highest BCUT2D eigenvalue weighted by Gasteiger charge is 2.29. The first-order valence-electron chi connectivity index (χ1n) is 7.82. The third kappa shape index (κ3) is 2.52. The van der Waals surface area contributed by atoms with Crippen LogP contribution in [0, 0.1) is 5.92 Å². The number of nitrogens with one attached hydrogen (secondary N) is 1. The van der Waals surface area contributed by atoms with Crippen molar-refractivity contribution < 1.29 is 9.59 Å². The number of rotatable bonds is 3. The summed E-state index contributed by atoms with van der Waals surface area (Å²) in [7, 11) is 0. The summed E-state index contributed by atoms with van der Waals surface area (Å²) in [6.07, 6.45) is 1.91. The Labute approximate surface area is 138 Å². The summed E-state index contributed by atoms with van der Waals surface area (Å²) in [6, 6.07) is 14.1. The zero-order chi connectivity index (χ0) is 16.7. The Bertz CT molecular complexity index is 939. The van der Waals surface area contributed by atoms with Gasteiger partial charge in [-0.1, -0.05) is 12.1 Å². The fourth-order valence-electron chi connectivity index (χ4n) is 2.65. The van der Waals surface area contributed by atoms with Crippen LogP contribution in [0.1, 0.15) is 23.2 Å². The van der Waals surface area contributed by atoms with Gasteiger partial charge in [0.2, 0.25) is 5.91 Å². The first-order chi connectivity index (χ1) is 11.6. The molecule has 1 saturated carbocycles. The van der Waals surface area contributed by atoms with Crippen LogP contribution in [-0.4, -0.2) is 21.6 Å². The van der Waals surface area contributed by atoms with Gasteiger partial charge in [-0.15, -0.1) is 5.10 Å². The Hall–Kier alpha value is -3.15. The number of nitrogen functional groups attached to an aromatic ring is 1. The number of aromatic nitrogens is 2. The van der Waals surface area contributed by atoms with Gasteiger partial charge in [-0.25, -0.2) is 0 Å². The van der Waals surface area contributed by atoms with Gasteiger partial charge in [-0.05, 0) is 49.2 Å². The zero-order valence-electron chi connectivity index (χ0n) is 12.9. The second-order valence-electron chi connectivity index (χ2n) is 5.96. The van der Waals surface area contributed by atoms with Crippen LogP contribution in [0.3, 0.4) is 0 Å². The average Bonchev–Trinajstić information content (AvgIpc) is 3.40. The van der Waals surface area contributed by atoms with Gasteiger partial charge in [0.15, 0.2) is 5.82 Å². The van der Waals surface area contributed by atoms with Crippen LogP contribution < -0.4 is 11.1 Å². The van der Waals surface area contributed by atoms with Crippen molar-refractivity contribution in [2.45, 2.75) is 12.8 Å². The van der Waals surface area contributed by atoms with Crippen molar-refractivity contribution in [1.29, 1.82) is 0 Å². The maximum atomic E-state index is 12.7. The van der Waals surface area contributed by atoms with E-state index in [2.05, 4.69) is 10.4 Å². The molecule has 1 amide bonds. The highest BCUT2D eigenvalue weighted by atomic mass is 16.2. The van der Waals surface area contributed by atoms with Gasteiger partial charge in [-0.3, -0.25) is 9.59 Å². The van der Waals surface area contributed by atoms with Crippen LogP contribution in [0.5, 0.6) is 0 Å². The quantitative estimate of drug-likeness (QED) is 0.776. The Morgan fingerprint density at radius 2 is 1.79 bits per heavy atom. The lowest BCUT2D eigenvalue weighted by Crippen LogP contribution is -2.15. The van der Waals surface area contributed by atoms with Crippen molar-refractivity contribution in [1.82, 2.24) is 9.78 Å². The molecule has 1 aliphatic rings. The summed E-state index contributed by atoms with van der Waals surface area (Å²) in [5.41, 5.74) is 7.71. The van der Waals surface area contributed by atoms with Gasteiger partial charge in [0.25, 0.3) is 5.91 Å². The molecule has 6 heteroatoms. The number of carbonyl (C=O) groups is 2. The van der Waals surface area contributed by atoms with Crippen LogP contribution in [0.15, 0.2) is 48.5 Å². The zero-order valence-corrected chi connectivity index (χ0v) is 12.9. The molecule has 4 rings (SSSR count). The van der Waals surface area contributed by atoms with E-state index in [4.69, 9.17) is 5.73 Å². The summed E-state index contributed by atoms with van der Waals surface area (Å²) in [4.78, 5) is 24.4. The Kier molecular flexibility index (Phi) is 3.30. The summed E-state index contributed by atoms with van der Waals surface area (Å²) in [6.45, 7) is 0. The molecular weight excluding hydrogens is 304 g/mol. The van der Waals surface area contributed by atoms with E-state index in [1.54, 1.807) is 30.3 Å². The van der Waals surface area contributed by atoms with Crippen LogP contribution in [0.4, 0.5) is 11.5 Å². The van der Waals surface area contributed by atoms with E-state index in [1.807, 2.05) is 18.2 Å². The molecule has 1 aromatic heterocycles. The highest BCUT2D eigenvalue weighted by Crippen LogP contribution is 2.30. The number of benzene rings is 2. The minimum absolute atomic E-state index is 0.0416. The lowest BCUT2D eigenvalue weighted by Gasteiger charge is -2.06. The largest absolute Gasteiger partial charge is 0.382 e. The topological polar surface area (TPSA) is 90.0 Å². The molecule has 0 bridgehead atoms. The minimum atomic E-state index is -0.261. The standard InChI is InChI=1S/C18H16N4O2/c19-16-14-3-1-2-4-15(14)22(21-16)18(24)12-7-9-13(10-8-12)20-17(23)11-5-6-11/h1-4,7-11H,5-6H2,(H2,19,21)(H,20,23). The lowest BCUT2D eigenvalue weighted by molar-refractivity contribution is -0.117. The first kappa shape index (κ1) is 14.4. The molecule has 2 aromatic carbocycles. The number of amides is 1. The molecule has 0 saturated heterocycles. The van der Waals surface area contributed by atoms with E-state index >= 15 is 0 Å². The minimum Gasteiger partial charge on any atom is -0.382 e. The molecule has 0 atom stereocenters. The molecule has 120 valence electrons. The monoisotopic (exact) mass is 320 g/mol. The number of fused-ring (bicyclic) bond motifs is 1. The van der Waals surface area contributed by atoms with Gasteiger partial charge >= 0.3 is 0 Å². The number of hydrogen-bond acceptors (Lipinski definition) is 4. The molecule has 0 unspecified atom stereocenters. The molecule has 1 fully saturated rings. The summed E-state index contributed by atoms with van der Waals surface area (Å²) in [5.74, 6) is 0.250. The molecule has 0 radical (unpaired) electrons. The molecular formula is C18H16N4O2. The number of nitrogens with zero attached hydrogens (tertiary/aromatic N) is 2. The Morgan fingerprint density at radius 3 is 2.50 bits per heavy atom. The predicted octanol–water partition coefficient (Wildman–Crippen LogP) is 2.66. The lowest BCUT2D eigenvalue weighted by atomic mass is 10.2. The van der Waals surface area contributed by atoms with Gasteiger partial charge in [-0.2, -0.15) is 4.68 Å². The first-order valence-corrected chi connectivity index (χ1v) is 7.82. The Morgan fingerprint density at radius 1 is 1.08 bits per heavy atom. The van der Waals surface area contributed by atoms with E-state index in [0.29, 0.717) is 22.6 Å². The van der Waals surface area contributed by atoms with Crippen molar-refractivity contribution in [3.8, 4) is 0 Å². The van der Waals surface area contributed by atoms with E-state index in [0.717, 1.165) is 18.2 Å². The second-order valence-corrected chi connectivity index (χ2v) is 5.96. The molecule has 24 heavy (non-hydrogen) atoms. The molecule has 3 aromatic rings. The van der Waals surface area contributed by atoms with E-state index < -0.39 is 0 Å². The third-order valence-corrected chi connectivity index (χ3v) is 4.16. The van der Waals surface area contributed by atoms with Crippen molar-refractivity contribution in [3.05, 3.63) is 54.1 Å². The van der Waals surface area contributed by atoms with Gasteiger partial charge in [0, 0.05) is 22.6 Å². The summed E-state index contributed by atoms with van der Waals surface area (Å²) >= 11 is 0. The maximum absolute atomic E-state index is 12.7. The third-order valence-electron chi connectivity index (χ3n) is 4.16. The molecule has 0 aliphatic heterocycles. The van der Waals surface area contributed by atoms with Crippen LogP contribution in [-0.2, 0) is 4.79 Å². The SMILES string of the molecule is Nc1nn(C(=O)c2ccc(NC(=O)C3CC3)cc2)c2ccccc12. The van der Waals surface area contributed by atoms with E-state index in [-0.39, 0.29) is 17.7 Å². The molecule has 1 aliphatic carbocycles. The maximum Gasteiger partial charge on any atom is 0.278 e. The summed E-state index contributed by atoms with van der Waals surface area (Å²) in [5, 5.41) is 7.74. The van der Waals surface area contributed by atoms with Crippen LogP contribution >= 0.6 is 0 Å². The van der Waals surface area contributed by atoms with E-state index in [1.165, 1.54) is 4.68 Å². The fraction of sp³-hybridized carbons (Fsp3) is 0.167. The number of hydrogen-bond donors (Lipinski definition) is 2. The second kappa shape index (κ2) is 5.49. The summed E-state index contributed by atoms with van der Waals surface area (Å²) < 4.78 is 1.31. The van der Waals surface area contributed by atoms with Crippen molar-refractivity contribution in [3.63, 3.8) is 0 Å². The molecule has 0 spiro atoms. The number of carbonyl (C=O) groups excluding carboxylic acids is 2. The highest BCUT2D eigenvalue weighted by molar-refractivity contribution is 6.03. The number of anilines is 2. The average molecular weight is 320 g/mol. The van der Waals surface area contributed by atoms with Gasteiger partial charge in [0.1, 0.15) is 0 Å². The predicted molar refractivity (Wildman–Crippen MR) is 91.7 cm³/mol. The smallest absolute Gasteiger partial charge is 0.278 e. The molecule has 1 heterocycles. The van der Waals surface area contributed by atoms with Gasteiger partial charge in [0.05, 0.1) is 5.52 Å². The Balaban J connectivity index is 1.60. The normalized spacial score (nSPS) is 13.8. The molecule has 6 nitrogen and oxygen atoms in total. The fourth-order valence-corrected chi connectivity index (χ4v) is 2.65. The number of para-hydroxylation sites is 1. The van der Waals surface area contributed by atoms with Crippen LogP contribution in [0.25, 0.3) is 10.9 Å². The van der Waals surface area contributed by atoms with Crippen molar-refractivity contribution in [2.75, 3.05) is 11.1 Å². The number of nitrogens with two attached hydrogens (primary N) is 1. The molecule has 3 N–H and O–H groups in total. The van der Waals surface area contributed by atoms with E-state index in [9.17, 15) is 9.59 Å². The van der Waals surface area contributed by atoms with Crippen molar-refractivity contribution >= 4 is 34.2 Å².